The zero-order valence-electron chi connectivity index (χ0n) is 15.7. The first-order valence-electron chi connectivity index (χ1n) is 8.28. The summed E-state index contributed by atoms with van der Waals surface area (Å²) in [4.78, 5) is 39.5. The third kappa shape index (κ3) is 3.16. The van der Waals surface area contributed by atoms with Crippen LogP contribution in [0.4, 0.5) is 15.3 Å². The van der Waals surface area contributed by atoms with E-state index < -0.39 is 46.2 Å². The Bertz CT molecular complexity index is 966. The van der Waals surface area contributed by atoms with Gasteiger partial charge in [0.1, 0.15) is 17.7 Å². The highest BCUT2D eigenvalue weighted by Gasteiger charge is 2.67. The van der Waals surface area contributed by atoms with Crippen LogP contribution >= 0.6 is 0 Å². The third-order valence-corrected chi connectivity index (χ3v) is 5.61. The summed E-state index contributed by atoms with van der Waals surface area (Å²) in [5.41, 5.74) is -1.27. The number of fused-ring (bicyclic) bond motifs is 3. The van der Waals surface area contributed by atoms with Crippen molar-refractivity contribution in [3.63, 3.8) is 0 Å². The molecule has 0 saturated carbocycles. The molecule has 0 aromatic heterocycles. The van der Waals surface area contributed by atoms with Crippen molar-refractivity contribution in [1.29, 1.82) is 0 Å². The van der Waals surface area contributed by atoms with E-state index in [0.29, 0.717) is 0 Å². The summed E-state index contributed by atoms with van der Waals surface area (Å²) in [6.45, 7) is 0. The molecule has 3 rings (SSSR count). The quantitative estimate of drug-likeness (QED) is 0.390. The minimum Gasteiger partial charge on any atom is -0.467 e. The second-order valence-electron chi connectivity index (χ2n) is 6.40. The first-order valence-corrected chi connectivity index (χ1v) is 9.72. The van der Waals surface area contributed by atoms with Gasteiger partial charge in [-0.15, -0.1) is 0 Å². The lowest BCUT2D eigenvalue weighted by molar-refractivity contribution is -0.145. The van der Waals surface area contributed by atoms with Crippen molar-refractivity contribution in [2.45, 2.75) is 24.2 Å². The van der Waals surface area contributed by atoms with E-state index in [2.05, 4.69) is 4.72 Å². The summed E-state index contributed by atoms with van der Waals surface area (Å²) < 4.78 is 49.6. The van der Waals surface area contributed by atoms with Crippen molar-refractivity contribution in [3.05, 3.63) is 29.8 Å². The van der Waals surface area contributed by atoms with Crippen LogP contribution in [-0.4, -0.2) is 69.6 Å². The van der Waals surface area contributed by atoms with Crippen molar-refractivity contribution < 1.29 is 41.6 Å². The maximum absolute atomic E-state index is 12.6. The van der Waals surface area contributed by atoms with Gasteiger partial charge in [-0.3, -0.25) is 14.4 Å². The van der Waals surface area contributed by atoms with Crippen LogP contribution in [0.15, 0.2) is 24.3 Å². The number of ether oxygens (including phenoxy) is 3. The molecule has 29 heavy (non-hydrogen) atoms. The molecule has 2 aliphatic heterocycles. The third-order valence-electron chi connectivity index (χ3n) is 4.99. The molecule has 1 saturated heterocycles. The number of rotatable bonds is 3. The minimum atomic E-state index is -4.84. The van der Waals surface area contributed by atoms with Crippen LogP contribution in [0.25, 0.3) is 0 Å². The molecule has 1 aromatic rings. The highest BCUT2D eigenvalue weighted by Crippen LogP contribution is 2.53. The number of amides is 2. The van der Waals surface area contributed by atoms with Crippen molar-refractivity contribution in [3.8, 4) is 0 Å². The zero-order chi connectivity index (χ0) is 21.6. The van der Waals surface area contributed by atoms with Crippen LogP contribution in [0.1, 0.15) is 12.0 Å². The molecule has 0 radical (unpaired) electrons. The summed E-state index contributed by atoms with van der Waals surface area (Å²) in [5.74, 6) is -0.858. The largest absolute Gasteiger partial charge is 0.467 e. The molecule has 0 bridgehead atoms. The number of anilines is 1. The molecule has 0 unspecified atom stereocenters. The van der Waals surface area contributed by atoms with Crippen LogP contribution in [0.2, 0.25) is 0 Å². The molecule has 0 spiro atoms. The number of methoxy groups -OCH3 is 3. The maximum atomic E-state index is 12.6. The van der Waals surface area contributed by atoms with Gasteiger partial charge in [-0.05, 0) is 6.07 Å². The number of esters is 1. The van der Waals surface area contributed by atoms with Crippen LogP contribution in [0.3, 0.4) is 0 Å². The summed E-state index contributed by atoms with van der Waals surface area (Å²) in [7, 11) is -1.57. The molecule has 3 atom stereocenters. The number of hydrogen-bond donors (Lipinski definition) is 2. The van der Waals surface area contributed by atoms with Crippen LogP contribution in [0.5, 0.6) is 0 Å². The molecule has 2 N–H and O–H groups in total. The van der Waals surface area contributed by atoms with Crippen LogP contribution in [0, 0.1) is 0 Å². The lowest BCUT2D eigenvalue weighted by Crippen LogP contribution is -2.60. The molecular formula is C16H19N3O9S. The normalized spacial score (nSPS) is 25.2. The van der Waals surface area contributed by atoms with Crippen molar-refractivity contribution >= 4 is 34.1 Å². The first kappa shape index (κ1) is 20.8. The van der Waals surface area contributed by atoms with E-state index in [1.165, 1.54) is 12.1 Å². The summed E-state index contributed by atoms with van der Waals surface area (Å²) >= 11 is 0. The molecule has 13 heteroatoms. The summed E-state index contributed by atoms with van der Waals surface area (Å²) in [5, 5.41) is 0. The smallest absolute Gasteiger partial charge is 0.415 e. The Kier molecular flexibility index (Phi) is 5.15. The topological polar surface area (TPSA) is 152 Å². The van der Waals surface area contributed by atoms with E-state index in [1.54, 1.807) is 12.1 Å². The summed E-state index contributed by atoms with van der Waals surface area (Å²) in [6, 6.07) is 4.89. The number of likely N-dealkylation sites (tertiary alicyclic amines) is 1. The van der Waals surface area contributed by atoms with Gasteiger partial charge < -0.3 is 14.2 Å². The predicted octanol–water partition coefficient (Wildman–Crippen LogP) is 0.201. The molecule has 1 fully saturated rings. The van der Waals surface area contributed by atoms with Crippen molar-refractivity contribution in [2.75, 3.05) is 26.2 Å². The van der Waals surface area contributed by atoms with Crippen molar-refractivity contribution in [1.82, 2.24) is 9.62 Å². The Morgan fingerprint density at radius 1 is 1.10 bits per heavy atom. The second-order valence-corrected chi connectivity index (χ2v) is 7.55. The lowest BCUT2D eigenvalue weighted by atomic mass is 9.88. The van der Waals surface area contributed by atoms with Gasteiger partial charge in [0.05, 0.1) is 27.0 Å². The van der Waals surface area contributed by atoms with E-state index in [9.17, 15) is 27.4 Å². The fourth-order valence-electron chi connectivity index (χ4n) is 4.04. The Hall–Kier alpha value is -2.90. The minimum absolute atomic E-state index is 0.234. The SMILES string of the molecule is COC(=O)[C@@H]1C[C@]2(NS(=O)(=O)O)c3ccccc3N(C(=O)OC)[C@@H]2N1C(=O)OC. The van der Waals surface area contributed by atoms with Gasteiger partial charge in [0.15, 0.2) is 0 Å². The van der Waals surface area contributed by atoms with E-state index in [-0.39, 0.29) is 17.7 Å². The van der Waals surface area contributed by atoms with Gasteiger partial charge in [-0.2, -0.15) is 13.1 Å². The maximum Gasteiger partial charge on any atom is 0.415 e. The van der Waals surface area contributed by atoms with Crippen LogP contribution in [-0.2, 0) is 34.8 Å². The molecule has 1 aromatic carbocycles. The van der Waals surface area contributed by atoms with Gasteiger partial charge >= 0.3 is 28.5 Å². The van der Waals surface area contributed by atoms with Crippen molar-refractivity contribution in [2.24, 2.45) is 0 Å². The first-order chi connectivity index (χ1) is 13.6. The molecule has 0 aliphatic carbocycles. The number of nitrogens with one attached hydrogen (secondary N) is 1. The molecule has 158 valence electrons. The Labute approximate surface area is 166 Å². The van der Waals surface area contributed by atoms with Gasteiger partial charge in [0.25, 0.3) is 0 Å². The lowest BCUT2D eigenvalue weighted by Gasteiger charge is -2.35. The van der Waals surface area contributed by atoms with Gasteiger partial charge in [-0.25, -0.2) is 14.4 Å². The predicted molar refractivity (Wildman–Crippen MR) is 96.1 cm³/mol. The monoisotopic (exact) mass is 429 g/mol. The Morgan fingerprint density at radius 2 is 1.72 bits per heavy atom. The molecule has 2 aliphatic rings. The van der Waals surface area contributed by atoms with Crippen LogP contribution < -0.4 is 9.62 Å². The number of carbonyl (C=O) groups is 3. The number of carbonyl (C=O) groups excluding carboxylic acids is 3. The zero-order valence-corrected chi connectivity index (χ0v) is 16.5. The van der Waals surface area contributed by atoms with E-state index in [1.807, 2.05) is 0 Å². The number of benzene rings is 1. The molecular weight excluding hydrogens is 410 g/mol. The molecule has 2 amide bonds. The number of nitrogens with zero attached hydrogens (tertiary/aromatic N) is 2. The molecule has 12 nitrogen and oxygen atoms in total. The average Bonchev–Trinajstić information content (AvgIpc) is 3.13. The number of para-hydroxylation sites is 1. The highest BCUT2D eigenvalue weighted by atomic mass is 32.2. The Morgan fingerprint density at radius 3 is 2.28 bits per heavy atom. The average molecular weight is 429 g/mol. The van der Waals surface area contributed by atoms with Gasteiger partial charge in [0, 0.05) is 12.0 Å². The molecule has 2 heterocycles. The Balaban J connectivity index is 2.32. The second kappa shape index (κ2) is 7.17. The van der Waals surface area contributed by atoms with E-state index in [0.717, 1.165) is 31.1 Å². The number of hydrogen-bond acceptors (Lipinski definition) is 8. The van der Waals surface area contributed by atoms with E-state index in [4.69, 9.17) is 14.2 Å². The fraction of sp³-hybridized carbons (Fsp3) is 0.438. The summed E-state index contributed by atoms with van der Waals surface area (Å²) in [6.07, 6.45) is -3.66. The van der Waals surface area contributed by atoms with E-state index >= 15 is 0 Å². The van der Waals surface area contributed by atoms with Gasteiger partial charge in [-0.1, -0.05) is 18.2 Å². The standard InChI is InChI=1S/C16H19N3O9S/c1-26-12(20)11-8-16(17-29(23,24)25)9-6-4-5-7-10(9)18(14(21)27-2)13(16)19(11)15(22)28-3/h4-7,11,13,17H,8H2,1-3H3,(H,23,24,25)/t11-,13+,16-/m0/s1. The highest BCUT2D eigenvalue weighted by molar-refractivity contribution is 7.83. The van der Waals surface area contributed by atoms with Gasteiger partial charge in [0.2, 0.25) is 0 Å². The fourth-order valence-corrected chi connectivity index (χ4v) is 4.80.